The van der Waals surface area contributed by atoms with Crippen LogP contribution in [0.4, 0.5) is 10.5 Å². The van der Waals surface area contributed by atoms with Crippen LogP contribution in [-0.4, -0.2) is 56.1 Å². The first-order chi connectivity index (χ1) is 11.8. The molecule has 1 atom stereocenters. The van der Waals surface area contributed by atoms with E-state index in [0.29, 0.717) is 24.7 Å². The number of carbonyl (C=O) groups is 3. The number of benzene rings is 1. The summed E-state index contributed by atoms with van der Waals surface area (Å²) in [6.07, 6.45) is 1.32. The van der Waals surface area contributed by atoms with Gasteiger partial charge in [0.2, 0.25) is 5.91 Å². The molecule has 0 aromatic heterocycles. The van der Waals surface area contributed by atoms with E-state index < -0.39 is 23.8 Å². The van der Waals surface area contributed by atoms with Gasteiger partial charge in [0, 0.05) is 12.8 Å². The third kappa shape index (κ3) is 4.51. The molecule has 1 aromatic rings. The quantitative estimate of drug-likeness (QED) is 0.628. The molecule has 1 N–H and O–H groups in total. The van der Waals surface area contributed by atoms with Gasteiger partial charge in [-0.2, -0.15) is 0 Å². The van der Waals surface area contributed by atoms with Gasteiger partial charge < -0.3 is 4.90 Å². The maximum atomic E-state index is 12.6. The van der Waals surface area contributed by atoms with Crippen LogP contribution in [-0.2, 0) is 9.59 Å². The normalized spacial score (nSPS) is 18.6. The number of imide groups is 2. The van der Waals surface area contributed by atoms with Gasteiger partial charge in [-0.1, -0.05) is 26.0 Å². The third-order valence-electron chi connectivity index (χ3n) is 3.95. The van der Waals surface area contributed by atoms with E-state index in [9.17, 15) is 14.4 Å². The molecule has 0 spiro atoms. The number of rotatable bonds is 6. The van der Waals surface area contributed by atoms with E-state index in [1.807, 2.05) is 31.1 Å². The first-order valence-electron chi connectivity index (χ1n) is 8.24. The molecule has 134 valence electrons. The number of amides is 4. The predicted molar refractivity (Wildman–Crippen MR) is 97.0 cm³/mol. The molecule has 1 fully saturated rings. The highest BCUT2D eigenvalue weighted by Crippen LogP contribution is 2.23. The Kier molecular flexibility index (Phi) is 6.03. The molecular formula is C18H24N4O3. The fourth-order valence-corrected chi connectivity index (χ4v) is 2.41. The number of likely N-dealkylation sites (N-methyl/N-ethyl adjacent to an activating group) is 1. The molecule has 0 aliphatic carbocycles. The van der Waals surface area contributed by atoms with Gasteiger partial charge in [0.15, 0.2) is 5.92 Å². The summed E-state index contributed by atoms with van der Waals surface area (Å²) in [6.45, 7) is 5.30. The number of nitrogens with one attached hydrogen (secondary N) is 1. The first-order valence-corrected chi connectivity index (χ1v) is 8.24. The van der Waals surface area contributed by atoms with Gasteiger partial charge in [0.25, 0.3) is 5.91 Å². The lowest BCUT2D eigenvalue weighted by molar-refractivity contribution is -0.131. The molecule has 4 amide bonds. The minimum absolute atomic E-state index is 0.345. The molecule has 2 rings (SSSR count). The van der Waals surface area contributed by atoms with Gasteiger partial charge in [-0.15, -0.1) is 0 Å². The van der Waals surface area contributed by atoms with Crippen molar-refractivity contribution in [3.05, 3.63) is 29.8 Å². The zero-order valence-corrected chi connectivity index (χ0v) is 15.0. The Bertz CT molecular complexity index is 680. The lowest BCUT2D eigenvalue weighted by Gasteiger charge is -2.28. The van der Waals surface area contributed by atoms with E-state index in [1.165, 1.54) is 6.21 Å². The molecule has 1 aromatic carbocycles. The van der Waals surface area contributed by atoms with Crippen LogP contribution < -0.4 is 10.2 Å². The number of hydrogen-bond donors (Lipinski definition) is 1. The van der Waals surface area contributed by atoms with E-state index in [2.05, 4.69) is 24.2 Å². The highest BCUT2D eigenvalue weighted by molar-refractivity contribution is 6.32. The van der Waals surface area contributed by atoms with Gasteiger partial charge >= 0.3 is 6.03 Å². The Balaban J connectivity index is 2.19. The van der Waals surface area contributed by atoms with Crippen LogP contribution >= 0.6 is 0 Å². The Labute approximate surface area is 147 Å². The van der Waals surface area contributed by atoms with Crippen molar-refractivity contribution in [1.29, 1.82) is 0 Å². The summed E-state index contributed by atoms with van der Waals surface area (Å²) in [4.78, 5) is 43.8. The SMILES string of the molecule is CC(C)c1ccc(N2C(=O)NC(=O)[C@H](C=NCCN(C)C)C2=O)cc1. The predicted octanol–water partition coefficient (Wildman–Crippen LogP) is 1.64. The fraction of sp³-hybridized carbons (Fsp3) is 0.444. The van der Waals surface area contributed by atoms with Gasteiger partial charge in [-0.3, -0.25) is 19.9 Å². The average molecular weight is 344 g/mol. The summed E-state index contributed by atoms with van der Waals surface area (Å²) in [7, 11) is 3.82. The smallest absolute Gasteiger partial charge is 0.308 e. The van der Waals surface area contributed by atoms with Gasteiger partial charge in [0.1, 0.15) is 0 Å². The maximum Gasteiger partial charge on any atom is 0.335 e. The molecule has 7 nitrogen and oxygen atoms in total. The zero-order chi connectivity index (χ0) is 18.6. The molecule has 0 unspecified atom stereocenters. The number of aliphatic imine (C=N–C) groups is 1. The number of nitrogens with zero attached hydrogens (tertiary/aromatic N) is 3. The maximum absolute atomic E-state index is 12.6. The molecule has 0 radical (unpaired) electrons. The molecular weight excluding hydrogens is 320 g/mol. The molecule has 1 saturated heterocycles. The van der Waals surface area contributed by atoms with Crippen LogP contribution in [0, 0.1) is 5.92 Å². The van der Waals surface area contributed by atoms with Crippen LogP contribution in [0.1, 0.15) is 25.3 Å². The number of barbiturate groups is 1. The van der Waals surface area contributed by atoms with E-state index in [4.69, 9.17) is 0 Å². The van der Waals surface area contributed by atoms with Crippen molar-refractivity contribution in [2.45, 2.75) is 19.8 Å². The topological polar surface area (TPSA) is 82.1 Å². The van der Waals surface area contributed by atoms with Crippen molar-refractivity contribution in [1.82, 2.24) is 10.2 Å². The molecule has 0 bridgehead atoms. The Morgan fingerprint density at radius 2 is 1.84 bits per heavy atom. The monoisotopic (exact) mass is 344 g/mol. The molecule has 0 saturated carbocycles. The Hall–Kier alpha value is -2.54. The van der Waals surface area contributed by atoms with Gasteiger partial charge in [-0.05, 0) is 37.7 Å². The lowest BCUT2D eigenvalue weighted by Crippen LogP contribution is -2.58. The largest absolute Gasteiger partial charge is 0.335 e. The Morgan fingerprint density at radius 1 is 1.20 bits per heavy atom. The number of carbonyl (C=O) groups excluding carboxylic acids is 3. The minimum Gasteiger partial charge on any atom is -0.308 e. The second-order valence-electron chi connectivity index (χ2n) is 6.55. The minimum atomic E-state index is -1.09. The Morgan fingerprint density at radius 3 is 2.40 bits per heavy atom. The average Bonchev–Trinajstić information content (AvgIpc) is 2.53. The van der Waals surface area contributed by atoms with Crippen LogP contribution in [0.15, 0.2) is 29.3 Å². The molecule has 1 heterocycles. The van der Waals surface area contributed by atoms with Crippen molar-refractivity contribution < 1.29 is 14.4 Å². The molecule has 25 heavy (non-hydrogen) atoms. The van der Waals surface area contributed by atoms with Crippen LogP contribution in [0.3, 0.4) is 0 Å². The van der Waals surface area contributed by atoms with Crippen molar-refractivity contribution in [2.24, 2.45) is 10.9 Å². The highest BCUT2D eigenvalue weighted by atomic mass is 16.2. The summed E-state index contributed by atoms with van der Waals surface area (Å²) in [5.74, 6) is -1.97. The van der Waals surface area contributed by atoms with Crippen molar-refractivity contribution in [3.8, 4) is 0 Å². The van der Waals surface area contributed by atoms with Crippen LogP contribution in [0.5, 0.6) is 0 Å². The van der Waals surface area contributed by atoms with Crippen molar-refractivity contribution in [3.63, 3.8) is 0 Å². The van der Waals surface area contributed by atoms with E-state index >= 15 is 0 Å². The highest BCUT2D eigenvalue weighted by Gasteiger charge is 2.40. The summed E-state index contributed by atoms with van der Waals surface area (Å²) >= 11 is 0. The zero-order valence-electron chi connectivity index (χ0n) is 15.0. The second kappa shape index (κ2) is 8.02. The van der Waals surface area contributed by atoms with E-state index in [0.717, 1.165) is 10.5 Å². The summed E-state index contributed by atoms with van der Waals surface area (Å²) in [6, 6.07) is 6.44. The van der Waals surface area contributed by atoms with Crippen molar-refractivity contribution >= 4 is 29.7 Å². The first kappa shape index (κ1) is 18.8. The van der Waals surface area contributed by atoms with Crippen LogP contribution in [0.2, 0.25) is 0 Å². The second-order valence-corrected chi connectivity index (χ2v) is 6.55. The van der Waals surface area contributed by atoms with Gasteiger partial charge in [0.05, 0.1) is 12.2 Å². The van der Waals surface area contributed by atoms with E-state index in [-0.39, 0.29) is 0 Å². The standard InChI is InChI=1S/C18H24N4O3/c1-12(2)13-5-7-14(8-6-13)22-17(24)15(16(23)20-18(22)25)11-19-9-10-21(3)4/h5-8,11-12,15H,9-10H2,1-4H3,(H,20,23,25)/t15-/m0/s1. The third-order valence-corrected chi connectivity index (χ3v) is 3.95. The lowest BCUT2D eigenvalue weighted by atomic mass is 10.0. The number of hydrogen-bond acceptors (Lipinski definition) is 5. The molecule has 1 aliphatic rings. The number of anilines is 1. The molecule has 1 aliphatic heterocycles. The number of urea groups is 1. The fourth-order valence-electron chi connectivity index (χ4n) is 2.41. The summed E-state index contributed by atoms with van der Waals surface area (Å²) in [5, 5.41) is 2.22. The summed E-state index contributed by atoms with van der Waals surface area (Å²) < 4.78 is 0. The van der Waals surface area contributed by atoms with Crippen LogP contribution in [0.25, 0.3) is 0 Å². The summed E-state index contributed by atoms with van der Waals surface area (Å²) in [5.41, 5.74) is 1.54. The van der Waals surface area contributed by atoms with Crippen molar-refractivity contribution in [2.75, 3.05) is 32.1 Å². The molecule has 7 heteroatoms. The van der Waals surface area contributed by atoms with Gasteiger partial charge in [-0.25, -0.2) is 9.69 Å². The van der Waals surface area contributed by atoms with E-state index in [1.54, 1.807) is 12.1 Å².